The molecular formula is C12H23NO4. The summed E-state index contributed by atoms with van der Waals surface area (Å²) < 4.78 is 0. The topological polar surface area (TPSA) is 75.6 Å². The number of carbonyl (C=O) groups is 2. The maximum Gasteiger partial charge on any atom is 0.310 e. The summed E-state index contributed by atoms with van der Waals surface area (Å²) in [5.41, 5.74) is 1.31. The molecule has 0 heterocycles. The third-order valence-corrected chi connectivity index (χ3v) is 2.91. The fourth-order valence-electron chi connectivity index (χ4n) is 1.51. The molecule has 100 valence electrons. The molecule has 5 nitrogen and oxygen atoms in total. The molecule has 0 atom stereocenters. The van der Waals surface area contributed by atoms with Gasteiger partial charge in [0, 0.05) is 6.42 Å². The van der Waals surface area contributed by atoms with Crippen LogP contribution >= 0.6 is 0 Å². The van der Waals surface area contributed by atoms with Gasteiger partial charge in [-0.2, -0.15) is 0 Å². The van der Waals surface area contributed by atoms with E-state index >= 15 is 0 Å². The molecule has 5 heteroatoms. The fourth-order valence-corrected chi connectivity index (χ4v) is 1.51. The van der Waals surface area contributed by atoms with Gasteiger partial charge in [0.25, 0.3) is 0 Å². The Morgan fingerprint density at radius 2 is 1.82 bits per heavy atom. The SMILES string of the molecule is CCC(CC)(CC(=O)NOCC(C)C)C(=O)O. The summed E-state index contributed by atoms with van der Waals surface area (Å²) in [5.74, 6) is -0.991. The highest BCUT2D eigenvalue weighted by atomic mass is 16.6. The number of aliphatic carboxylic acids is 1. The van der Waals surface area contributed by atoms with Gasteiger partial charge >= 0.3 is 5.97 Å². The van der Waals surface area contributed by atoms with Crippen LogP contribution in [0.5, 0.6) is 0 Å². The lowest BCUT2D eigenvalue weighted by Gasteiger charge is -2.25. The van der Waals surface area contributed by atoms with Crippen molar-refractivity contribution in [3.8, 4) is 0 Å². The Hall–Kier alpha value is -1.10. The number of hydroxylamine groups is 1. The lowest BCUT2D eigenvalue weighted by molar-refractivity contribution is -0.155. The molecule has 0 radical (unpaired) electrons. The van der Waals surface area contributed by atoms with Crippen LogP contribution in [0.1, 0.15) is 47.0 Å². The second-order valence-electron chi connectivity index (χ2n) is 4.70. The van der Waals surface area contributed by atoms with Crippen molar-refractivity contribution in [2.24, 2.45) is 11.3 Å². The van der Waals surface area contributed by atoms with E-state index in [9.17, 15) is 9.59 Å². The van der Waals surface area contributed by atoms with Crippen molar-refractivity contribution in [3.63, 3.8) is 0 Å². The molecule has 17 heavy (non-hydrogen) atoms. The molecule has 2 N–H and O–H groups in total. The van der Waals surface area contributed by atoms with E-state index < -0.39 is 11.4 Å². The van der Waals surface area contributed by atoms with E-state index in [1.54, 1.807) is 13.8 Å². The molecule has 0 aromatic carbocycles. The molecule has 0 bridgehead atoms. The second kappa shape index (κ2) is 7.27. The van der Waals surface area contributed by atoms with E-state index in [1.165, 1.54) is 0 Å². The van der Waals surface area contributed by atoms with Gasteiger partial charge in [-0.05, 0) is 18.8 Å². The van der Waals surface area contributed by atoms with Crippen molar-refractivity contribution < 1.29 is 19.5 Å². The van der Waals surface area contributed by atoms with Crippen molar-refractivity contribution in [1.29, 1.82) is 0 Å². The largest absolute Gasteiger partial charge is 0.481 e. The zero-order valence-corrected chi connectivity index (χ0v) is 11.1. The maximum absolute atomic E-state index is 11.6. The first-order chi connectivity index (χ1) is 7.88. The summed E-state index contributed by atoms with van der Waals surface area (Å²) in [4.78, 5) is 27.7. The summed E-state index contributed by atoms with van der Waals surface area (Å²) in [6.45, 7) is 7.90. The van der Waals surface area contributed by atoms with Crippen LogP contribution in [-0.2, 0) is 14.4 Å². The van der Waals surface area contributed by atoms with Crippen LogP contribution in [0, 0.1) is 11.3 Å². The second-order valence-corrected chi connectivity index (χ2v) is 4.70. The van der Waals surface area contributed by atoms with Crippen LogP contribution in [0.25, 0.3) is 0 Å². The molecule has 0 spiro atoms. The molecule has 0 fully saturated rings. The smallest absolute Gasteiger partial charge is 0.310 e. The Morgan fingerprint density at radius 1 is 1.29 bits per heavy atom. The number of hydrogen-bond donors (Lipinski definition) is 2. The zero-order valence-electron chi connectivity index (χ0n) is 11.1. The molecular weight excluding hydrogens is 222 g/mol. The Balaban J connectivity index is 4.28. The summed E-state index contributed by atoms with van der Waals surface area (Å²) in [5, 5.41) is 9.17. The molecule has 0 aliphatic carbocycles. The molecule has 0 unspecified atom stereocenters. The highest BCUT2D eigenvalue weighted by Crippen LogP contribution is 2.30. The zero-order chi connectivity index (χ0) is 13.5. The first-order valence-corrected chi connectivity index (χ1v) is 6.02. The minimum Gasteiger partial charge on any atom is -0.481 e. The van der Waals surface area contributed by atoms with Gasteiger partial charge in [0.2, 0.25) is 5.91 Å². The van der Waals surface area contributed by atoms with Gasteiger partial charge in [0.15, 0.2) is 0 Å². The maximum atomic E-state index is 11.6. The number of amides is 1. The van der Waals surface area contributed by atoms with E-state index in [0.717, 1.165) is 0 Å². The first kappa shape index (κ1) is 15.9. The van der Waals surface area contributed by atoms with E-state index in [-0.39, 0.29) is 12.3 Å². The quantitative estimate of drug-likeness (QED) is 0.641. The van der Waals surface area contributed by atoms with Crippen LogP contribution in [0.15, 0.2) is 0 Å². The van der Waals surface area contributed by atoms with Crippen molar-refractivity contribution in [3.05, 3.63) is 0 Å². The minimum atomic E-state index is -0.981. The fraction of sp³-hybridized carbons (Fsp3) is 0.833. The van der Waals surface area contributed by atoms with Gasteiger partial charge in [0.05, 0.1) is 12.0 Å². The first-order valence-electron chi connectivity index (χ1n) is 6.02. The molecule has 0 rings (SSSR count). The normalized spacial score (nSPS) is 11.6. The van der Waals surface area contributed by atoms with Gasteiger partial charge in [-0.25, -0.2) is 5.48 Å². The van der Waals surface area contributed by atoms with Gasteiger partial charge < -0.3 is 5.11 Å². The molecule has 0 aromatic heterocycles. The Kier molecular flexibility index (Phi) is 6.80. The number of hydrogen-bond acceptors (Lipinski definition) is 3. The van der Waals surface area contributed by atoms with E-state index in [0.29, 0.717) is 25.4 Å². The molecule has 0 saturated heterocycles. The number of nitrogens with one attached hydrogen (secondary N) is 1. The van der Waals surface area contributed by atoms with E-state index in [1.807, 2.05) is 13.8 Å². The van der Waals surface area contributed by atoms with Gasteiger partial charge in [-0.15, -0.1) is 0 Å². The van der Waals surface area contributed by atoms with Crippen molar-refractivity contribution in [2.75, 3.05) is 6.61 Å². The summed E-state index contributed by atoms with van der Waals surface area (Å²) in [7, 11) is 0. The van der Waals surface area contributed by atoms with Gasteiger partial charge in [-0.1, -0.05) is 27.7 Å². The highest BCUT2D eigenvalue weighted by molar-refractivity contribution is 5.84. The molecule has 0 aliphatic heterocycles. The summed E-state index contributed by atoms with van der Waals surface area (Å²) >= 11 is 0. The average Bonchev–Trinajstić information content (AvgIpc) is 2.25. The Bertz CT molecular complexity index is 259. The standard InChI is InChI=1S/C12H23NO4/c1-5-12(6-2,11(15)16)7-10(14)13-17-8-9(3)4/h9H,5-8H2,1-4H3,(H,13,14)(H,15,16). The highest BCUT2D eigenvalue weighted by Gasteiger charge is 2.37. The predicted molar refractivity (Wildman–Crippen MR) is 64.2 cm³/mol. The van der Waals surface area contributed by atoms with Gasteiger partial charge in [-0.3, -0.25) is 14.4 Å². The number of carboxylic acids is 1. The lowest BCUT2D eigenvalue weighted by Crippen LogP contribution is -2.37. The van der Waals surface area contributed by atoms with E-state index in [4.69, 9.17) is 9.94 Å². The molecule has 0 aliphatic rings. The van der Waals surface area contributed by atoms with Crippen LogP contribution in [-0.4, -0.2) is 23.6 Å². The van der Waals surface area contributed by atoms with Gasteiger partial charge in [0.1, 0.15) is 0 Å². The predicted octanol–water partition coefficient (Wildman–Crippen LogP) is 1.97. The molecule has 1 amide bonds. The third kappa shape index (κ3) is 5.17. The third-order valence-electron chi connectivity index (χ3n) is 2.91. The van der Waals surface area contributed by atoms with Crippen molar-refractivity contribution >= 4 is 11.9 Å². The number of rotatable bonds is 8. The van der Waals surface area contributed by atoms with Crippen LogP contribution < -0.4 is 5.48 Å². The Morgan fingerprint density at radius 3 is 2.18 bits per heavy atom. The van der Waals surface area contributed by atoms with Crippen LogP contribution in [0.3, 0.4) is 0 Å². The minimum absolute atomic E-state index is 0.0482. The molecule has 0 saturated carbocycles. The average molecular weight is 245 g/mol. The van der Waals surface area contributed by atoms with Crippen molar-refractivity contribution in [1.82, 2.24) is 5.48 Å². The van der Waals surface area contributed by atoms with Crippen LogP contribution in [0.4, 0.5) is 0 Å². The summed E-state index contributed by atoms with van der Waals surface area (Å²) in [6.07, 6.45) is 0.806. The molecule has 0 aromatic rings. The van der Waals surface area contributed by atoms with Crippen LogP contribution in [0.2, 0.25) is 0 Å². The van der Waals surface area contributed by atoms with Crippen molar-refractivity contribution in [2.45, 2.75) is 47.0 Å². The summed E-state index contributed by atoms with van der Waals surface area (Å²) in [6, 6.07) is 0. The monoisotopic (exact) mass is 245 g/mol. The van der Waals surface area contributed by atoms with E-state index in [2.05, 4.69) is 5.48 Å². The number of carboxylic acid groups (broad SMARTS) is 1. The Labute approximate surface area is 102 Å². The number of carbonyl (C=O) groups excluding carboxylic acids is 1. The lowest BCUT2D eigenvalue weighted by atomic mass is 9.79.